The molecule has 2 bridgehead atoms. The number of nitrogens with zero attached hydrogens (tertiary/aromatic N) is 1. The quantitative estimate of drug-likeness (QED) is 0.678. The molecule has 1 saturated heterocycles. The second-order valence-corrected chi connectivity index (χ2v) is 4.51. The number of piperidine rings is 1. The van der Waals surface area contributed by atoms with E-state index in [0.717, 1.165) is 13.0 Å². The predicted molar refractivity (Wildman–Crippen MR) is 55.3 cm³/mol. The van der Waals surface area contributed by atoms with Gasteiger partial charge in [-0.2, -0.15) is 0 Å². The van der Waals surface area contributed by atoms with Crippen molar-refractivity contribution in [2.45, 2.75) is 38.6 Å². The van der Waals surface area contributed by atoms with Gasteiger partial charge in [0.25, 0.3) is 0 Å². The summed E-state index contributed by atoms with van der Waals surface area (Å²) in [4.78, 5) is 2.55. The van der Waals surface area contributed by atoms with Crippen LogP contribution in [-0.2, 0) is 13.0 Å². The van der Waals surface area contributed by atoms with Crippen molar-refractivity contribution >= 4 is 0 Å². The van der Waals surface area contributed by atoms with Gasteiger partial charge < -0.3 is 4.42 Å². The minimum Gasteiger partial charge on any atom is -0.465 e. The summed E-state index contributed by atoms with van der Waals surface area (Å²) in [7, 11) is 0. The third kappa shape index (κ3) is 1.21. The van der Waals surface area contributed by atoms with Crippen molar-refractivity contribution in [3.05, 3.63) is 23.2 Å². The maximum atomic E-state index is 5.94. The molecule has 0 N–H and O–H groups in total. The summed E-state index contributed by atoms with van der Waals surface area (Å²) >= 11 is 0. The van der Waals surface area contributed by atoms with Crippen LogP contribution in [-0.4, -0.2) is 18.0 Å². The Balaban J connectivity index is 2.03. The Morgan fingerprint density at radius 3 is 2.93 bits per heavy atom. The zero-order chi connectivity index (χ0) is 9.54. The maximum Gasteiger partial charge on any atom is 0.111 e. The molecule has 3 aliphatic heterocycles. The molecule has 1 aromatic heterocycles. The fourth-order valence-electron chi connectivity index (χ4n) is 2.74. The van der Waals surface area contributed by atoms with E-state index < -0.39 is 0 Å². The molecule has 76 valence electrons. The molecule has 1 fully saturated rings. The fourth-order valence-corrected chi connectivity index (χ4v) is 2.74. The summed E-state index contributed by atoms with van der Waals surface area (Å²) in [6.07, 6.45) is 3.62. The van der Waals surface area contributed by atoms with Crippen molar-refractivity contribution in [2.75, 3.05) is 13.1 Å². The molecule has 0 amide bonds. The summed E-state index contributed by atoms with van der Waals surface area (Å²) in [6, 6.07) is 2.27. The van der Waals surface area contributed by atoms with E-state index >= 15 is 0 Å². The van der Waals surface area contributed by atoms with Crippen LogP contribution in [0.15, 0.2) is 10.5 Å². The lowest BCUT2D eigenvalue weighted by Crippen LogP contribution is -2.28. The van der Waals surface area contributed by atoms with Gasteiger partial charge >= 0.3 is 0 Å². The second-order valence-electron chi connectivity index (χ2n) is 4.51. The van der Waals surface area contributed by atoms with E-state index in [0.29, 0.717) is 5.92 Å². The molecule has 0 spiro atoms. The summed E-state index contributed by atoms with van der Waals surface area (Å²) < 4.78 is 5.94. The largest absolute Gasteiger partial charge is 0.465 e. The van der Waals surface area contributed by atoms with Gasteiger partial charge in [-0.1, -0.05) is 6.92 Å². The van der Waals surface area contributed by atoms with Crippen molar-refractivity contribution in [3.8, 4) is 0 Å². The molecule has 0 unspecified atom stereocenters. The molecule has 0 aromatic carbocycles. The third-order valence-corrected chi connectivity index (χ3v) is 3.59. The highest BCUT2D eigenvalue weighted by molar-refractivity contribution is 5.27. The molecular weight excluding hydrogens is 174 g/mol. The van der Waals surface area contributed by atoms with Crippen LogP contribution >= 0.6 is 0 Å². The molecule has 14 heavy (non-hydrogen) atoms. The minimum atomic E-state index is 0.712. The molecule has 2 heteroatoms. The van der Waals surface area contributed by atoms with E-state index in [1.165, 1.54) is 43.0 Å². The maximum absolute atomic E-state index is 5.94. The lowest BCUT2D eigenvalue weighted by Gasteiger charge is -2.26. The zero-order valence-corrected chi connectivity index (χ0v) is 8.75. The van der Waals surface area contributed by atoms with Crippen molar-refractivity contribution in [3.63, 3.8) is 0 Å². The average Bonchev–Trinajstić information content (AvgIpc) is 2.49. The highest BCUT2D eigenvalue weighted by Crippen LogP contribution is 2.37. The number of fused-ring (bicyclic) bond motifs is 2. The summed E-state index contributed by atoms with van der Waals surface area (Å²) in [5.41, 5.74) is 1.46. The van der Waals surface area contributed by atoms with Gasteiger partial charge in [0.15, 0.2) is 0 Å². The van der Waals surface area contributed by atoms with Crippen molar-refractivity contribution < 1.29 is 4.42 Å². The number of hydrogen-bond donors (Lipinski definition) is 0. The van der Waals surface area contributed by atoms with Crippen LogP contribution in [0.5, 0.6) is 0 Å². The van der Waals surface area contributed by atoms with E-state index in [2.05, 4.69) is 17.9 Å². The molecule has 0 aliphatic carbocycles. The van der Waals surface area contributed by atoms with E-state index in [4.69, 9.17) is 4.42 Å². The lowest BCUT2D eigenvalue weighted by molar-refractivity contribution is 0.214. The van der Waals surface area contributed by atoms with Crippen LogP contribution in [0.4, 0.5) is 0 Å². The molecular formula is C12H17NO. The number of aryl methyl sites for hydroxylation is 1. The van der Waals surface area contributed by atoms with E-state index in [1.807, 2.05) is 0 Å². The molecule has 0 radical (unpaired) electrons. The lowest BCUT2D eigenvalue weighted by atomic mass is 9.95. The fraction of sp³-hybridized carbons (Fsp3) is 0.667. The first-order valence-electron chi connectivity index (χ1n) is 5.70. The van der Waals surface area contributed by atoms with E-state index in [1.54, 1.807) is 0 Å². The normalized spacial score (nSPS) is 30.1. The van der Waals surface area contributed by atoms with Gasteiger partial charge in [-0.05, 0) is 32.0 Å². The highest BCUT2D eigenvalue weighted by Gasteiger charge is 2.30. The molecule has 0 atom stereocenters. The first-order valence-corrected chi connectivity index (χ1v) is 5.70. The van der Waals surface area contributed by atoms with Crippen molar-refractivity contribution in [1.82, 2.24) is 4.90 Å². The Morgan fingerprint density at radius 1 is 1.43 bits per heavy atom. The molecule has 0 saturated carbocycles. The Labute approximate surface area is 84.9 Å². The average molecular weight is 191 g/mol. The Bertz CT molecular complexity index is 334. The van der Waals surface area contributed by atoms with E-state index in [9.17, 15) is 0 Å². The van der Waals surface area contributed by atoms with Gasteiger partial charge in [0.1, 0.15) is 11.5 Å². The number of furan rings is 1. The summed E-state index contributed by atoms with van der Waals surface area (Å²) in [5.74, 6) is 3.19. The van der Waals surface area contributed by atoms with Gasteiger partial charge in [-0.25, -0.2) is 0 Å². The van der Waals surface area contributed by atoms with Crippen LogP contribution < -0.4 is 0 Å². The van der Waals surface area contributed by atoms with Gasteiger partial charge in [0.05, 0.1) is 0 Å². The summed E-state index contributed by atoms with van der Waals surface area (Å²) in [5, 5.41) is 0. The minimum absolute atomic E-state index is 0.712. The van der Waals surface area contributed by atoms with Crippen molar-refractivity contribution in [1.29, 1.82) is 0 Å². The van der Waals surface area contributed by atoms with Crippen LogP contribution in [0.3, 0.4) is 0 Å². The zero-order valence-electron chi connectivity index (χ0n) is 8.75. The van der Waals surface area contributed by atoms with Gasteiger partial charge in [-0.15, -0.1) is 0 Å². The summed E-state index contributed by atoms with van der Waals surface area (Å²) in [6.45, 7) is 5.80. The van der Waals surface area contributed by atoms with Crippen LogP contribution in [0.1, 0.15) is 42.8 Å². The predicted octanol–water partition coefficient (Wildman–Crippen LogP) is 2.54. The van der Waals surface area contributed by atoms with Gasteiger partial charge in [-0.3, -0.25) is 4.90 Å². The third-order valence-electron chi connectivity index (χ3n) is 3.59. The van der Waals surface area contributed by atoms with Crippen LogP contribution in [0.25, 0.3) is 0 Å². The molecule has 4 rings (SSSR count). The van der Waals surface area contributed by atoms with Crippen molar-refractivity contribution in [2.24, 2.45) is 0 Å². The second kappa shape index (κ2) is 3.13. The van der Waals surface area contributed by atoms with Crippen LogP contribution in [0, 0.1) is 0 Å². The highest BCUT2D eigenvalue weighted by atomic mass is 16.3. The number of hydrogen-bond acceptors (Lipinski definition) is 2. The monoisotopic (exact) mass is 191 g/mol. The first-order chi connectivity index (χ1) is 6.86. The Hall–Kier alpha value is -0.760. The Morgan fingerprint density at radius 2 is 2.21 bits per heavy atom. The van der Waals surface area contributed by atoms with Gasteiger partial charge in [0.2, 0.25) is 0 Å². The first kappa shape index (κ1) is 8.54. The van der Waals surface area contributed by atoms with E-state index in [-0.39, 0.29) is 0 Å². The topological polar surface area (TPSA) is 16.4 Å². The molecule has 1 aromatic rings. The number of rotatable bonds is 1. The Kier molecular flexibility index (Phi) is 1.91. The molecule has 2 nitrogen and oxygen atoms in total. The SMILES string of the molecule is CCc1cc2c(o1)C1CCN(CC1)C2. The standard InChI is InChI=1S/C12H17NO/c1-2-11-7-10-8-13-5-3-9(4-6-13)12(10)14-11/h7,9H,2-6,8H2,1H3. The smallest absolute Gasteiger partial charge is 0.111 e. The molecule has 3 aliphatic rings. The molecule has 4 heterocycles. The van der Waals surface area contributed by atoms with Crippen LogP contribution in [0.2, 0.25) is 0 Å². The van der Waals surface area contributed by atoms with Gasteiger partial charge in [0, 0.05) is 24.4 Å².